The molecule has 5 aliphatic carbocycles. The molecule has 1 aromatic rings. The highest BCUT2D eigenvalue weighted by Gasteiger charge is 2.59. The molecule has 0 aromatic heterocycles. The Hall–Kier alpha value is -1.16. The minimum atomic E-state index is -3.98. The highest BCUT2D eigenvalue weighted by atomic mass is 79.9. The number of halogens is 2. The molecule has 5 saturated carbocycles. The van der Waals surface area contributed by atoms with Crippen LogP contribution in [0, 0.1) is 23.2 Å². The minimum absolute atomic E-state index is 0.0372. The average Bonchev–Trinajstić information content (AvgIpc) is 2.66. The molecule has 0 radical (unpaired) electrons. The van der Waals surface area contributed by atoms with Crippen molar-refractivity contribution >= 4 is 49.4 Å². The van der Waals surface area contributed by atoms with E-state index in [1.54, 1.807) is 6.07 Å². The van der Waals surface area contributed by atoms with Crippen LogP contribution in [-0.4, -0.2) is 31.8 Å². The predicted octanol–water partition coefficient (Wildman–Crippen LogP) is 3.10. The van der Waals surface area contributed by atoms with Crippen molar-refractivity contribution in [3.8, 4) is 0 Å². The van der Waals surface area contributed by atoms with Gasteiger partial charge < -0.3 is 11.1 Å². The zero-order valence-corrected chi connectivity index (χ0v) is 20.7. The van der Waals surface area contributed by atoms with E-state index in [9.17, 15) is 18.0 Å². The molecule has 174 valence electrons. The van der Waals surface area contributed by atoms with Crippen LogP contribution in [0.15, 0.2) is 27.6 Å². The number of amides is 2. The van der Waals surface area contributed by atoms with E-state index in [1.165, 1.54) is 12.1 Å². The molecule has 4 N–H and O–H groups in total. The maximum Gasteiger partial charge on any atom is 0.243 e. The summed E-state index contributed by atoms with van der Waals surface area (Å²) in [6, 6.07) is 4.52. The Kier molecular flexibility index (Phi) is 5.43. The molecule has 2 amide bonds. The van der Waals surface area contributed by atoms with Gasteiger partial charge in [0.05, 0.1) is 5.02 Å². The number of carbonyl (C=O) groups is 2. The van der Waals surface area contributed by atoms with Crippen LogP contribution in [0.5, 0.6) is 0 Å². The van der Waals surface area contributed by atoms with Gasteiger partial charge in [-0.25, -0.2) is 8.42 Å². The topological polar surface area (TPSA) is 118 Å². The van der Waals surface area contributed by atoms with Gasteiger partial charge >= 0.3 is 0 Å². The SMILES string of the molecule is NC(=O)C12CC3CC(C1)C(NC(=O)C1(NS(=O)(=O)c4ccc(Br)cc4Cl)CCC1)C(C3)C2. The van der Waals surface area contributed by atoms with Crippen LogP contribution in [0.25, 0.3) is 0 Å². The van der Waals surface area contributed by atoms with E-state index in [2.05, 4.69) is 26.0 Å². The molecule has 1 aromatic carbocycles. The van der Waals surface area contributed by atoms with E-state index in [0.29, 0.717) is 36.1 Å². The van der Waals surface area contributed by atoms with Crippen LogP contribution < -0.4 is 15.8 Å². The number of hydrogen-bond acceptors (Lipinski definition) is 4. The lowest BCUT2D eigenvalue weighted by molar-refractivity contribution is -0.149. The molecule has 2 unspecified atom stereocenters. The van der Waals surface area contributed by atoms with Crippen molar-refractivity contribution in [1.29, 1.82) is 0 Å². The Morgan fingerprint density at radius 3 is 2.31 bits per heavy atom. The van der Waals surface area contributed by atoms with Gasteiger partial charge in [-0.3, -0.25) is 9.59 Å². The first-order chi connectivity index (χ1) is 15.0. The van der Waals surface area contributed by atoms with Crippen molar-refractivity contribution in [2.75, 3.05) is 0 Å². The Bertz CT molecular complexity index is 1070. The fourth-order valence-corrected chi connectivity index (χ4v) is 9.22. The van der Waals surface area contributed by atoms with Crippen molar-refractivity contribution < 1.29 is 18.0 Å². The van der Waals surface area contributed by atoms with Gasteiger partial charge in [-0.1, -0.05) is 27.5 Å². The standard InChI is InChI=1S/C22H27BrClN3O4S/c23-15-2-3-17(16(24)8-15)32(30,31)27-22(4-1-5-22)20(29)26-18-13-6-12-7-14(18)11-21(9-12,10-13)19(25)28/h2-3,8,12-14,18,27H,1,4-7,9-11H2,(H2,25,28)(H,26,29). The van der Waals surface area contributed by atoms with Crippen molar-refractivity contribution in [2.45, 2.75) is 67.8 Å². The van der Waals surface area contributed by atoms with Crippen molar-refractivity contribution in [1.82, 2.24) is 10.0 Å². The summed E-state index contributed by atoms with van der Waals surface area (Å²) >= 11 is 9.45. The Labute approximate surface area is 201 Å². The van der Waals surface area contributed by atoms with Gasteiger partial charge in [-0.05, 0) is 87.3 Å². The van der Waals surface area contributed by atoms with E-state index >= 15 is 0 Å². The zero-order valence-electron chi connectivity index (χ0n) is 17.6. The van der Waals surface area contributed by atoms with E-state index in [4.69, 9.17) is 17.3 Å². The Morgan fingerprint density at radius 1 is 1.12 bits per heavy atom. The normalized spacial score (nSPS) is 34.7. The van der Waals surface area contributed by atoms with E-state index < -0.39 is 21.0 Å². The lowest BCUT2D eigenvalue weighted by Gasteiger charge is -2.59. The molecule has 2 atom stereocenters. The Morgan fingerprint density at radius 2 is 1.78 bits per heavy atom. The number of nitrogens with two attached hydrogens (primary N) is 1. The largest absolute Gasteiger partial charge is 0.369 e. The highest BCUT2D eigenvalue weighted by Crippen LogP contribution is 2.60. The number of rotatable bonds is 6. The number of primary amides is 1. The van der Waals surface area contributed by atoms with Gasteiger partial charge in [0, 0.05) is 15.9 Å². The summed E-state index contributed by atoms with van der Waals surface area (Å²) in [4.78, 5) is 25.6. The van der Waals surface area contributed by atoms with Crippen LogP contribution in [0.4, 0.5) is 0 Å². The van der Waals surface area contributed by atoms with Crippen molar-refractivity contribution in [2.24, 2.45) is 28.9 Å². The molecule has 0 aliphatic heterocycles. The number of hydrogen-bond donors (Lipinski definition) is 3. The molecular formula is C22H27BrClN3O4S. The molecular weight excluding hydrogens is 518 g/mol. The summed E-state index contributed by atoms with van der Waals surface area (Å²) in [7, 11) is -3.98. The predicted molar refractivity (Wildman–Crippen MR) is 123 cm³/mol. The zero-order chi connectivity index (χ0) is 22.9. The van der Waals surface area contributed by atoms with E-state index in [-0.39, 0.29) is 39.6 Å². The molecule has 10 heteroatoms. The number of benzene rings is 1. The molecule has 7 nitrogen and oxygen atoms in total. The third kappa shape index (κ3) is 3.60. The summed E-state index contributed by atoms with van der Waals surface area (Å²) in [5.74, 6) is 0.436. The van der Waals surface area contributed by atoms with Crippen molar-refractivity contribution in [3.05, 3.63) is 27.7 Å². The molecule has 5 aliphatic rings. The quantitative estimate of drug-likeness (QED) is 0.510. The first-order valence-corrected chi connectivity index (χ1v) is 13.8. The lowest BCUT2D eigenvalue weighted by Crippen LogP contribution is -2.68. The first-order valence-electron chi connectivity index (χ1n) is 11.1. The fraction of sp³-hybridized carbons (Fsp3) is 0.636. The summed E-state index contributed by atoms with van der Waals surface area (Å²) in [6.07, 6.45) is 5.95. The Balaban J connectivity index is 1.34. The third-order valence-electron chi connectivity index (χ3n) is 8.25. The molecule has 0 spiro atoms. The number of nitrogens with one attached hydrogen (secondary N) is 2. The summed E-state index contributed by atoms with van der Waals surface area (Å²) < 4.78 is 29.5. The van der Waals surface area contributed by atoms with Gasteiger partial charge in [0.1, 0.15) is 10.4 Å². The third-order valence-corrected chi connectivity index (χ3v) is 10.8. The monoisotopic (exact) mass is 543 g/mol. The van der Waals surface area contributed by atoms with E-state index in [1.807, 2.05) is 0 Å². The number of carbonyl (C=O) groups excluding carboxylic acids is 2. The second-order valence-corrected chi connectivity index (χ2v) is 13.2. The minimum Gasteiger partial charge on any atom is -0.369 e. The second kappa shape index (κ2) is 7.68. The van der Waals surface area contributed by atoms with Crippen molar-refractivity contribution in [3.63, 3.8) is 0 Å². The molecule has 6 rings (SSSR count). The smallest absolute Gasteiger partial charge is 0.243 e. The second-order valence-electron chi connectivity index (χ2n) is 10.2. The molecule has 0 saturated heterocycles. The van der Waals surface area contributed by atoms with Gasteiger partial charge in [-0.2, -0.15) is 4.72 Å². The van der Waals surface area contributed by atoms with Gasteiger partial charge in [0.15, 0.2) is 0 Å². The maximum absolute atomic E-state index is 13.4. The van der Waals surface area contributed by atoms with Gasteiger partial charge in [0.25, 0.3) is 0 Å². The van der Waals surface area contributed by atoms with E-state index in [0.717, 1.165) is 25.7 Å². The average molecular weight is 545 g/mol. The van der Waals surface area contributed by atoms with Crippen LogP contribution in [0.1, 0.15) is 51.4 Å². The van der Waals surface area contributed by atoms with Gasteiger partial charge in [-0.15, -0.1) is 0 Å². The lowest BCUT2D eigenvalue weighted by atomic mass is 9.47. The molecule has 32 heavy (non-hydrogen) atoms. The molecule has 5 fully saturated rings. The number of sulfonamides is 1. The maximum atomic E-state index is 13.4. The van der Waals surface area contributed by atoms with Crippen LogP contribution in [0.3, 0.4) is 0 Å². The highest BCUT2D eigenvalue weighted by molar-refractivity contribution is 9.10. The van der Waals surface area contributed by atoms with Crippen LogP contribution in [0.2, 0.25) is 5.02 Å². The molecule has 4 bridgehead atoms. The summed E-state index contributed by atoms with van der Waals surface area (Å²) in [5, 5.41) is 3.30. The fourth-order valence-electron chi connectivity index (χ4n) is 6.76. The summed E-state index contributed by atoms with van der Waals surface area (Å²) in [5.41, 5.74) is 4.18. The van der Waals surface area contributed by atoms with Gasteiger partial charge in [0.2, 0.25) is 21.8 Å². The van der Waals surface area contributed by atoms with Crippen LogP contribution in [-0.2, 0) is 19.6 Å². The summed E-state index contributed by atoms with van der Waals surface area (Å²) in [6.45, 7) is 0. The first kappa shape index (κ1) is 22.6. The van der Waals surface area contributed by atoms with Crippen LogP contribution >= 0.6 is 27.5 Å². The molecule has 0 heterocycles.